The number of esters is 1. The summed E-state index contributed by atoms with van der Waals surface area (Å²) in [5, 5.41) is 6.99. The van der Waals surface area contributed by atoms with Gasteiger partial charge in [-0.25, -0.2) is 4.63 Å². The lowest BCUT2D eigenvalue weighted by molar-refractivity contribution is -0.140. The van der Waals surface area contributed by atoms with E-state index in [1.54, 1.807) is 0 Å². The van der Waals surface area contributed by atoms with Gasteiger partial charge in [-0.05, 0) is 18.0 Å². The molecule has 72 valence electrons. The van der Waals surface area contributed by atoms with E-state index in [9.17, 15) is 4.79 Å². The molecule has 0 amide bonds. The zero-order valence-electron chi connectivity index (χ0n) is 7.32. The number of aryl methyl sites for hydroxylation is 1. The standard InChI is InChI=1S/C7H11N3O3/c1-12-6(11)4-2-3-5-7(8)10-13-9-5/h2-4H2,1H3,(H2,8,10). The van der Waals surface area contributed by atoms with E-state index in [0.29, 0.717) is 25.0 Å². The SMILES string of the molecule is COC(=O)CCCc1nonc1N. The Labute approximate surface area is 75.0 Å². The van der Waals surface area contributed by atoms with Crippen molar-refractivity contribution in [1.82, 2.24) is 10.3 Å². The first-order chi connectivity index (χ1) is 6.24. The van der Waals surface area contributed by atoms with E-state index in [1.165, 1.54) is 7.11 Å². The zero-order chi connectivity index (χ0) is 9.68. The number of ether oxygens (including phenoxy) is 1. The molecule has 1 aromatic rings. The summed E-state index contributed by atoms with van der Waals surface area (Å²) in [6.07, 6.45) is 1.55. The summed E-state index contributed by atoms with van der Waals surface area (Å²) in [5.74, 6) is 0.0416. The first kappa shape index (κ1) is 9.50. The number of methoxy groups -OCH3 is 1. The maximum Gasteiger partial charge on any atom is 0.305 e. The number of nitrogen functional groups attached to an aromatic ring is 1. The van der Waals surface area contributed by atoms with Gasteiger partial charge in [0.05, 0.1) is 7.11 Å². The number of hydrogen-bond acceptors (Lipinski definition) is 6. The van der Waals surface area contributed by atoms with Crippen molar-refractivity contribution in [3.63, 3.8) is 0 Å². The maximum absolute atomic E-state index is 10.7. The van der Waals surface area contributed by atoms with Gasteiger partial charge in [0.25, 0.3) is 0 Å². The topological polar surface area (TPSA) is 91.2 Å². The molecule has 6 heteroatoms. The molecule has 0 atom stereocenters. The fourth-order valence-electron chi connectivity index (χ4n) is 0.889. The van der Waals surface area contributed by atoms with Crippen molar-refractivity contribution in [1.29, 1.82) is 0 Å². The average molecular weight is 185 g/mol. The molecule has 0 saturated heterocycles. The van der Waals surface area contributed by atoms with Crippen LogP contribution in [0.4, 0.5) is 5.82 Å². The molecule has 0 spiro atoms. The van der Waals surface area contributed by atoms with Crippen LogP contribution in [0.3, 0.4) is 0 Å². The molecule has 0 radical (unpaired) electrons. The number of carbonyl (C=O) groups is 1. The monoisotopic (exact) mass is 185 g/mol. The van der Waals surface area contributed by atoms with Gasteiger partial charge in [0.2, 0.25) is 0 Å². The third-order valence-corrected chi connectivity index (χ3v) is 1.61. The summed E-state index contributed by atoms with van der Waals surface area (Å²) in [6, 6.07) is 0. The van der Waals surface area contributed by atoms with Gasteiger partial charge in [-0.1, -0.05) is 5.16 Å². The van der Waals surface area contributed by atoms with Crippen LogP contribution in [0, 0.1) is 0 Å². The third-order valence-electron chi connectivity index (χ3n) is 1.61. The quantitative estimate of drug-likeness (QED) is 0.671. The molecule has 1 rings (SSSR count). The Morgan fingerprint density at radius 2 is 2.38 bits per heavy atom. The molecule has 1 aromatic heterocycles. The Bertz CT molecular complexity index is 284. The molecule has 1 heterocycles. The van der Waals surface area contributed by atoms with E-state index in [4.69, 9.17) is 5.73 Å². The van der Waals surface area contributed by atoms with E-state index in [0.717, 1.165) is 0 Å². The van der Waals surface area contributed by atoms with Crippen molar-refractivity contribution in [3.8, 4) is 0 Å². The maximum atomic E-state index is 10.7. The van der Waals surface area contributed by atoms with Crippen LogP contribution in [0.25, 0.3) is 0 Å². The summed E-state index contributed by atoms with van der Waals surface area (Å²) >= 11 is 0. The Hall–Kier alpha value is -1.59. The van der Waals surface area contributed by atoms with Gasteiger partial charge >= 0.3 is 5.97 Å². The van der Waals surface area contributed by atoms with E-state index >= 15 is 0 Å². The van der Waals surface area contributed by atoms with Crippen molar-refractivity contribution in [2.45, 2.75) is 19.3 Å². The highest BCUT2D eigenvalue weighted by Crippen LogP contribution is 2.08. The van der Waals surface area contributed by atoms with Crippen LogP contribution in [0.15, 0.2) is 4.63 Å². The molecule has 2 N–H and O–H groups in total. The summed E-state index contributed by atoms with van der Waals surface area (Å²) in [6.45, 7) is 0. The van der Waals surface area contributed by atoms with Crippen LogP contribution in [0.5, 0.6) is 0 Å². The van der Waals surface area contributed by atoms with Crippen LogP contribution in [-0.4, -0.2) is 23.4 Å². The molecule has 0 aliphatic rings. The van der Waals surface area contributed by atoms with Crippen molar-refractivity contribution >= 4 is 11.8 Å². The zero-order valence-corrected chi connectivity index (χ0v) is 7.32. The molecule has 13 heavy (non-hydrogen) atoms. The second kappa shape index (κ2) is 4.44. The molecule has 0 fully saturated rings. The minimum absolute atomic E-state index is 0.241. The molecule has 0 aliphatic heterocycles. The number of anilines is 1. The Kier molecular flexibility index (Phi) is 3.24. The normalized spacial score (nSPS) is 9.92. The third kappa shape index (κ3) is 2.73. The van der Waals surface area contributed by atoms with Crippen LogP contribution >= 0.6 is 0 Å². The van der Waals surface area contributed by atoms with Crippen LogP contribution in [0.2, 0.25) is 0 Å². The summed E-state index contributed by atoms with van der Waals surface area (Å²) in [4.78, 5) is 10.7. The molecule has 0 unspecified atom stereocenters. The van der Waals surface area contributed by atoms with Gasteiger partial charge in [-0.2, -0.15) is 0 Å². The van der Waals surface area contributed by atoms with E-state index in [2.05, 4.69) is 19.7 Å². The molecule has 0 saturated carbocycles. The van der Waals surface area contributed by atoms with E-state index < -0.39 is 0 Å². The highest BCUT2D eigenvalue weighted by molar-refractivity contribution is 5.69. The van der Waals surface area contributed by atoms with E-state index in [1.807, 2.05) is 0 Å². The van der Waals surface area contributed by atoms with Crippen LogP contribution in [0.1, 0.15) is 18.5 Å². The van der Waals surface area contributed by atoms with Crippen molar-refractivity contribution in [2.24, 2.45) is 0 Å². The second-order valence-electron chi connectivity index (χ2n) is 2.53. The fourth-order valence-corrected chi connectivity index (χ4v) is 0.889. The Morgan fingerprint density at radius 1 is 1.62 bits per heavy atom. The van der Waals surface area contributed by atoms with Gasteiger partial charge in [-0.15, -0.1) is 0 Å². The van der Waals surface area contributed by atoms with Gasteiger partial charge in [0.1, 0.15) is 5.69 Å². The molecule has 0 aliphatic carbocycles. The number of hydrogen-bond donors (Lipinski definition) is 1. The van der Waals surface area contributed by atoms with Gasteiger partial charge in [-0.3, -0.25) is 4.79 Å². The van der Waals surface area contributed by atoms with E-state index in [-0.39, 0.29) is 11.8 Å². The van der Waals surface area contributed by atoms with Gasteiger partial charge < -0.3 is 10.5 Å². The fraction of sp³-hybridized carbons (Fsp3) is 0.571. The smallest absolute Gasteiger partial charge is 0.305 e. The minimum Gasteiger partial charge on any atom is -0.469 e. The lowest BCUT2D eigenvalue weighted by atomic mass is 10.2. The second-order valence-corrected chi connectivity index (χ2v) is 2.53. The summed E-state index contributed by atoms with van der Waals surface area (Å²) in [5.41, 5.74) is 5.99. The predicted molar refractivity (Wildman–Crippen MR) is 43.7 cm³/mol. The molecule has 0 aromatic carbocycles. The lowest BCUT2D eigenvalue weighted by Crippen LogP contribution is -2.01. The minimum atomic E-state index is -0.241. The summed E-state index contributed by atoms with van der Waals surface area (Å²) in [7, 11) is 1.36. The van der Waals surface area contributed by atoms with Crippen LogP contribution in [-0.2, 0) is 16.0 Å². The average Bonchev–Trinajstić information content (AvgIpc) is 2.52. The van der Waals surface area contributed by atoms with Crippen molar-refractivity contribution in [2.75, 3.05) is 12.8 Å². The molecular weight excluding hydrogens is 174 g/mol. The van der Waals surface area contributed by atoms with Crippen LogP contribution < -0.4 is 5.73 Å². The molecule has 6 nitrogen and oxygen atoms in total. The highest BCUT2D eigenvalue weighted by atomic mass is 16.6. The predicted octanol–water partition coefficient (Wildman–Crippen LogP) is 0.147. The molecular formula is C7H11N3O3. The number of nitrogens with zero attached hydrogens (tertiary/aromatic N) is 2. The number of rotatable bonds is 4. The highest BCUT2D eigenvalue weighted by Gasteiger charge is 2.07. The lowest BCUT2D eigenvalue weighted by Gasteiger charge is -1.96. The van der Waals surface area contributed by atoms with Gasteiger partial charge in [0.15, 0.2) is 5.82 Å². The van der Waals surface area contributed by atoms with Crippen molar-refractivity contribution < 1.29 is 14.2 Å². The largest absolute Gasteiger partial charge is 0.469 e. The first-order valence-corrected chi connectivity index (χ1v) is 3.87. The first-order valence-electron chi connectivity index (χ1n) is 3.87. The number of aromatic nitrogens is 2. The number of carbonyl (C=O) groups excluding carboxylic acids is 1. The molecule has 0 bridgehead atoms. The van der Waals surface area contributed by atoms with Gasteiger partial charge in [0, 0.05) is 6.42 Å². The Morgan fingerprint density at radius 3 is 2.92 bits per heavy atom. The number of nitrogens with two attached hydrogens (primary N) is 1. The Balaban J connectivity index is 2.28. The van der Waals surface area contributed by atoms with Crippen molar-refractivity contribution in [3.05, 3.63) is 5.69 Å². The summed E-state index contributed by atoms with van der Waals surface area (Å²) < 4.78 is 8.86.